The van der Waals surface area contributed by atoms with Crippen molar-refractivity contribution in [1.29, 1.82) is 0 Å². The van der Waals surface area contributed by atoms with Gasteiger partial charge in [0.1, 0.15) is 11.6 Å². The third-order valence-corrected chi connectivity index (χ3v) is 3.11. The molecule has 1 rings (SSSR count). The predicted octanol–water partition coefficient (Wildman–Crippen LogP) is 1.13. The number of carbonyl (C=O) groups is 1. The van der Waals surface area contributed by atoms with Crippen molar-refractivity contribution in [1.82, 2.24) is 5.32 Å². The van der Waals surface area contributed by atoms with Crippen LogP contribution in [0.5, 0.6) is 0 Å². The fraction of sp³-hybridized carbons (Fsp3) is 0.300. The van der Waals surface area contributed by atoms with Gasteiger partial charge in [0.2, 0.25) is 5.91 Å². The van der Waals surface area contributed by atoms with Crippen LogP contribution in [0.1, 0.15) is 0 Å². The van der Waals surface area contributed by atoms with E-state index < -0.39 is 23.6 Å². The Morgan fingerprint density at radius 1 is 1.56 bits per heavy atom. The molecule has 0 aliphatic carbocycles. The summed E-state index contributed by atoms with van der Waals surface area (Å²) >= 11 is 1.04. The lowest BCUT2D eigenvalue weighted by Crippen LogP contribution is -2.41. The van der Waals surface area contributed by atoms with Gasteiger partial charge in [-0.2, -0.15) is 0 Å². The van der Waals surface area contributed by atoms with Crippen LogP contribution in [0.15, 0.2) is 23.1 Å². The Balaban J connectivity index is 2.66. The SMILES string of the molecule is CNC(CSc1cc(F)ccc1F)C(N)=O. The number of likely N-dealkylation sites (N-methyl/N-ethyl adjacent to an activating group) is 1. The van der Waals surface area contributed by atoms with Crippen LogP contribution in [-0.4, -0.2) is 24.7 Å². The Kier molecular flexibility index (Phi) is 4.70. The third kappa shape index (κ3) is 3.46. The normalized spacial score (nSPS) is 12.4. The molecule has 0 radical (unpaired) electrons. The Bertz CT molecular complexity index is 387. The number of primary amides is 1. The number of hydrogen-bond donors (Lipinski definition) is 2. The van der Waals surface area contributed by atoms with E-state index in [1.165, 1.54) is 0 Å². The van der Waals surface area contributed by atoms with Crippen molar-refractivity contribution in [3.8, 4) is 0 Å². The van der Waals surface area contributed by atoms with E-state index >= 15 is 0 Å². The molecule has 0 aliphatic rings. The van der Waals surface area contributed by atoms with Gasteiger partial charge in [0.15, 0.2) is 0 Å². The average Bonchev–Trinajstić information content (AvgIpc) is 2.23. The zero-order chi connectivity index (χ0) is 12.1. The maximum atomic E-state index is 13.2. The molecule has 3 N–H and O–H groups in total. The van der Waals surface area contributed by atoms with Crippen molar-refractivity contribution < 1.29 is 13.6 Å². The first-order valence-corrected chi connectivity index (χ1v) is 5.57. The second-order valence-electron chi connectivity index (χ2n) is 3.13. The van der Waals surface area contributed by atoms with Crippen LogP contribution in [0, 0.1) is 11.6 Å². The summed E-state index contributed by atoms with van der Waals surface area (Å²) in [6.07, 6.45) is 0. The molecule has 88 valence electrons. The van der Waals surface area contributed by atoms with Crippen LogP contribution >= 0.6 is 11.8 Å². The molecule has 6 heteroatoms. The fourth-order valence-electron chi connectivity index (χ4n) is 1.07. The molecule has 16 heavy (non-hydrogen) atoms. The van der Waals surface area contributed by atoms with Gasteiger partial charge in [-0.25, -0.2) is 8.78 Å². The molecule has 3 nitrogen and oxygen atoms in total. The highest BCUT2D eigenvalue weighted by molar-refractivity contribution is 7.99. The summed E-state index contributed by atoms with van der Waals surface area (Å²) in [7, 11) is 1.58. The monoisotopic (exact) mass is 246 g/mol. The van der Waals surface area contributed by atoms with E-state index in [0.29, 0.717) is 0 Å². The third-order valence-electron chi connectivity index (χ3n) is 1.99. The first-order valence-electron chi connectivity index (χ1n) is 4.59. The van der Waals surface area contributed by atoms with E-state index in [0.717, 1.165) is 30.0 Å². The maximum absolute atomic E-state index is 13.2. The number of nitrogens with two attached hydrogens (primary N) is 1. The Hall–Kier alpha value is -1.14. The topological polar surface area (TPSA) is 55.1 Å². The van der Waals surface area contributed by atoms with Crippen molar-refractivity contribution in [3.63, 3.8) is 0 Å². The molecule has 1 unspecified atom stereocenters. The Morgan fingerprint density at radius 3 is 2.81 bits per heavy atom. The molecule has 0 saturated carbocycles. The molecule has 1 aromatic rings. The van der Waals surface area contributed by atoms with Crippen molar-refractivity contribution in [2.75, 3.05) is 12.8 Å². The summed E-state index contributed by atoms with van der Waals surface area (Å²) in [6, 6.07) is 2.63. The molecular weight excluding hydrogens is 234 g/mol. The summed E-state index contributed by atoms with van der Waals surface area (Å²) in [6.45, 7) is 0. The molecule has 0 heterocycles. The van der Waals surface area contributed by atoms with E-state index in [-0.39, 0.29) is 10.6 Å². The van der Waals surface area contributed by atoms with Gasteiger partial charge in [-0.05, 0) is 25.2 Å². The van der Waals surface area contributed by atoms with E-state index in [4.69, 9.17) is 5.73 Å². The van der Waals surface area contributed by atoms with Crippen LogP contribution in [-0.2, 0) is 4.79 Å². The smallest absolute Gasteiger partial charge is 0.235 e. The minimum Gasteiger partial charge on any atom is -0.368 e. The first kappa shape index (κ1) is 12.9. The fourth-order valence-corrected chi connectivity index (χ4v) is 2.15. The summed E-state index contributed by atoms with van der Waals surface area (Å²) < 4.78 is 26.0. The minimum atomic E-state index is -0.562. The molecule has 1 aromatic carbocycles. The first-order chi connectivity index (χ1) is 7.54. The Morgan fingerprint density at radius 2 is 2.25 bits per heavy atom. The molecule has 0 aliphatic heterocycles. The number of rotatable bonds is 5. The van der Waals surface area contributed by atoms with E-state index in [1.54, 1.807) is 7.05 Å². The van der Waals surface area contributed by atoms with E-state index in [1.807, 2.05) is 0 Å². The zero-order valence-corrected chi connectivity index (χ0v) is 9.48. The van der Waals surface area contributed by atoms with Crippen molar-refractivity contribution in [2.45, 2.75) is 10.9 Å². The maximum Gasteiger partial charge on any atom is 0.235 e. The molecule has 0 spiro atoms. The van der Waals surface area contributed by atoms with Crippen molar-refractivity contribution >= 4 is 17.7 Å². The Labute approximate surface area is 96.4 Å². The average molecular weight is 246 g/mol. The molecule has 1 atom stereocenters. The predicted molar refractivity (Wildman–Crippen MR) is 59.1 cm³/mol. The molecule has 1 amide bonds. The number of carbonyl (C=O) groups excluding carboxylic acids is 1. The molecule has 0 saturated heterocycles. The second kappa shape index (κ2) is 5.81. The highest BCUT2D eigenvalue weighted by atomic mass is 32.2. The zero-order valence-electron chi connectivity index (χ0n) is 8.67. The van der Waals surface area contributed by atoms with Crippen LogP contribution in [0.2, 0.25) is 0 Å². The van der Waals surface area contributed by atoms with Crippen LogP contribution in [0.25, 0.3) is 0 Å². The van der Waals surface area contributed by atoms with Crippen molar-refractivity contribution in [3.05, 3.63) is 29.8 Å². The van der Waals surface area contributed by atoms with Gasteiger partial charge in [-0.15, -0.1) is 11.8 Å². The molecule has 0 aromatic heterocycles. The number of thioether (sulfide) groups is 1. The van der Waals surface area contributed by atoms with E-state index in [9.17, 15) is 13.6 Å². The second-order valence-corrected chi connectivity index (χ2v) is 4.19. The van der Waals surface area contributed by atoms with Gasteiger partial charge in [-0.1, -0.05) is 0 Å². The molecular formula is C10H12F2N2OS. The highest BCUT2D eigenvalue weighted by Crippen LogP contribution is 2.23. The van der Waals surface area contributed by atoms with Gasteiger partial charge >= 0.3 is 0 Å². The molecule has 0 fully saturated rings. The quantitative estimate of drug-likeness (QED) is 0.766. The van der Waals surface area contributed by atoms with Gasteiger partial charge < -0.3 is 11.1 Å². The lowest BCUT2D eigenvalue weighted by atomic mass is 10.3. The lowest BCUT2D eigenvalue weighted by Gasteiger charge is -2.11. The van der Waals surface area contributed by atoms with Crippen LogP contribution in [0.3, 0.4) is 0 Å². The number of halogens is 2. The standard InChI is InChI=1S/C10H12F2N2OS/c1-14-8(10(13)15)5-16-9-4-6(11)2-3-7(9)12/h2-4,8,14H,5H2,1H3,(H2,13,15). The summed E-state index contributed by atoms with van der Waals surface area (Å²) in [5, 5.41) is 2.69. The summed E-state index contributed by atoms with van der Waals surface area (Å²) in [4.78, 5) is 11.1. The van der Waals surface area contributed by atoms with Gasteiger partial charge in [0.25, 0.3) is 0 Å². The van der Waals surface area contributed by atoms with Gasteiger partial charge in [0.05, 0.1) is 6.04 Å². The highest BCUT2D eigenvalue weighted by Gasteiger charge is 2.14. The number of amides is 1. The number of benzene rings is 1. The van der Waals surface area contributed by atoms with Crippen molar-refractivity contribution in [2.24, 2.45) is 5.73 Å². The lowest BCUT2D eigenvalue weighted by molar-refractivity contribution is -0.119. The number of nitrogens with one attached hydrogen (secondary N) is 1. The van der Waals surface area contributed by atoms with Crippen LogP contribution < -0.4 is 11.1 Å². The minimum absolute atomic E-state index is 0.168. The molecule has 0 bridgehead atoms. The number of hydrogen-bond acceptors (Lipinski definition) is 3. The van der Waals surface area contributed by atoms with E-state index in [2.05, 4.69) is 5.32 Å². The van der Waals surface area contributed by atoms with Gasteiger partial charge in [0, 0.05) is 10.6 Å². The largest absolute Gasteiger partial charge is 0.368 e. The van der Waals surface area contributed by atoms with Gasteiger partial charge in [-0.3, -0.25) is 4.79 Å². The summed E-state index contributed by atoms with van der Waals surface area (Å²) in [5.74, 6) is -1.28. The van der Waals surface area contributed by atoms with Crippen LogP contribution in [0.4, 0.5) is 8.78 Å². The summed E-state index contributed by atoms with van der Waals surface area (Å²) in [5.41, 5.74) is 5.10.